The van der Waals surface area contributed by atoms with E-state index in [0.29, 0.717) is 23.9 Å². The summed E-state index contributed by atoms with van der Waals surface area (Å²) in [6, 6.07) is 4.67. The van der Waals surface area contributed by atoms with E-state index in [-0.39, 0.29) is 21.8 Å². The highest BCUT2D eigenvalue weighted by atomic mass is 19.1. The molecule has 0 spiro atoms. The van der Waals surface area contributed by atoms with E-state index in [1.54, 1.807) is 12.1 Å². The van der Waals surface area contributed by atoms with Crippen LogP contribution < -0.4 is 0 Å². The van der Waals surface area contributed by atoms with Crippen LogP contribution in [0.15, 0.2) is 36.9 Å². The third kappa shape index (κ3) is 5.58. The molecule has 240 valence electrons. The smallest absolute Gasteiger partial charge is 0.338 e. The zero-order valence-corrected chi connectivity index (χ0v) is 27.7. The monoisotopic (exact) mass is 602 g/mol. The molecule has 5 aliphatic rings. The highest BCUT2D eigenvalue weighted by Gasteiger charge is 2.65. The average molecular weight is 603 g/mol. The van der Waals surface area contributed by atoms with Crippen molar-refractivity contribution < 1.29 is 19.4 Å². The van der Waals surface area contributed by atoms with Crippen molar-refractivity contribution in [1.82, 2.24) is 0 Å². The van der Waals surface area contributed by atoms with E-state index in [1.807, 2.05) is 6.92 Å². The zero-order valence-electron chi connectivity index (χ0n) is 27.7. The molecule has 4 saturated carbocycles. The number of terminal acetylenes is 2. The Hall–Kier alpha value is -2.82. The predicted octanol–water partition coefficient (Wildman–Crippen LogP) is 9.67. The number of rotatable bonds is 3. The fourth-order valence-corrected chi connectivity index (χ4v) is 11.6. The van der Waals surface area contributed by atoms with E-state index in [4.69, 9.17) is 0 Å². The molecule has 0 aliphatic heterocycles. The minimum atomic E-state index is -1.22. The number of hydrogen-bond donors (Lipinski definition) is 2. The highest BCUT2D eigenvalue weighted by Crippen LogP contribution is 2.73. The maximum Gasteiger partial charge on any atom is 0.338 e. The van der Waals surface area contributed by atoms with Crippen molar-refractivity contribution in [3.05, 3.63) is 53.9 Å². The molecule has 5 aliphatic carbocycles. The topological polar surface area (TPSA) is 57.5 Å². The van der Waals surface area contributed by atoms with Crippen molar-refractivity contribution in [2.45, 2.75) is 98.8 Å². The van der Waals surface area contributed by atoms with Crippen LogP contribution in [0.5, 0.6) is 0 Å². The van der Waals surface area contributed by atoms with Gasteiger partial charge in [0.2, 0.25) is 0 Å². The molecular weight excluding hydrogens is 547 g/mol. The van der Waals surface area contributed by atoms with E-state index in [1.165, 1.54) is 75.5 Å². The van der Waals surface area contributed by atoms with Gasteiger partial charge < -0.3 is 10.2 Å². The van der Waals surface area contributed by atoms with Crippen LogP contribution in [0.1, 0.15) is 115 Å². The lowest BCUT2D eigenvalue weighted by Gasteiger charge is -2.68. The third-order valence-electron chi connectivity index (χ3n) is 13.1. The fraction of sp³-hybridized carbons (Fsp3) is 0.625. The summed E-state index contributed by atoms with van der Waals surface area (Å²) in [4.78, 5) is 11.4. The van der Waals surface area contributed by atoms with Gasteiger partial charge >= 0.3 is 5.97 Å². The van der Waals surface area contributed by atoms with E-state index in [2.05, 4.69) is 66.0 Å². The Morgan fingerprint density at radius 3 is 2.20 bits per heavy atom. The second kappa shape index (κ2) is 13.7. The standard InChI is InChI=1S/C33H45FO3.C3H6.2C2H2/c1-30(2)23(20-7-8-22(29(36)37)26(34)18-20)11-15-32(4)27(30)13-16-31(3)24-12-17-33(19-35)14-5-6-25(33)21(24)9-10-28(31)32;1-3-2;2*1-2/h7-8,11,18,21,24-25,27-28,35H,5-6,9-10,12-17,19H2,1-4H3,(H,36,37);3H,1H2,2H3;2*1-2H/t21-,24?,25?,27?,28?,31-,32-,33+;;;/m0.../s1. The summed E-state index contributed by atoms with van der Waals surface area (Å²) < 4.78 is 14.7. The number of carboxylic acid groups (broad SMARTS) is 1. The van der Waals surface area contributed by atoms with Crippen molar-refractivity contribution in [1.29, 1.82) is 0 Å². The Bertz CT molecular complexity index is 1270. The number of fused-ring (bicyclic) bond motifs is 7. The number of carboxylic acids is 1. The molecule has 4 heteroatoms. The summed E-state index contributed by atoms with van der Waals surface area (Å²) in [6.45, 7) is 15.5. The minimum Gasteiger partial charge on any atom is -0.478 e. The first-order valence-electron chi connectivity index (χ1n) is 16.5. The second-order valence-corrected chi connectivity index (χ2v) is 15.0. The van der Waals surface area contributed by atoms with Crippen LogP contribution in [-0.2, 0) is 0 Å². The summed E-state index contributed by atoms with van der Waals surface area (Å²) in [6.07, 6.45) is 32.6. The molecule has 6 rings (SSSR count). The number of allylic oxidation sites excluding steroid dienone is 3. The van der Waals surface area contributed by atoms with Gasteiger partial charge in [0.05, 0.1) is 5.56 Å². The van der Waals surface area contributed by atoms with Gasteiger partial charge in [-0.05, 0) is 139 Å². The van der Waals surface area contributed by atoms with Crippen molar-refractivity contribution >= 4 is 11.5 Å². The Morgan fingerprint density at radius 1 is 0.955 bits per heavy atom. The van der Waals surface area contributed by atoms with Crippen LogP contribution in [0.4, 0.5) is 4.39 Å². The van der Waals surface area contributed by atoms with Gasteiger partial charge in [0.1, 0.15) is 5.82 Å². The average Bonchev–Trinajstić information content (AvgIpc) is 3.44. The molecule has 1 aromatic rings. The molecule has 44 heavy (non-hydrogen) atoms. The zero-order chi connectivity index (χ0) is 33.1. The summed E-state index contributed by atoms with van der Waals surface area (Å²) >= 11 is 0. The SMILES string of the molecule is C#C.C#C.C=CC.CC1(C)C(c2ccc(C(=O)O)c(F)c2)=CC[C@@]2(C)C1CC[C@@]1(C)C3CC[C@@]4(CO)CCCC4[C@H]3CCC12. The predicted molar refractivity (Wildman–Crippen MR) is 180 cm³/mol. The van der Waals surface area contributed by atoms with E-state index in [0.717, 1.165) is 29.7 Å². The van der Waals surface area contributed by atoms with Gasteiger partial charge in [-0.1, -0.05) is 52.3 Å². The first kappa shape index (κ1) is 35.7. The highest BCUT2D eigenvalue weighted by molar-refractivity contribution is 5.88. The van der Waals surface area contributed by atoms with Crippen LogP contribution in [0, 0.1) is 82.8 Å². The van der Waals surface area contributed by atoms with Crippen LogP contribution in [0.25, 0.3) is 5.57 Å². The molecule has 0 saturated heterocycles. The van der Waals surface area contributed by atoms with Gasteiger partial charge in [0.25, 0.3) is 0 Å². The van der Waals surface area contributed by atoms with Crippen molar-refractivity contribution in [2.24, 2.45) is 51.2 Å². The second-order valence-electron chi connectivity index (χ2n) is 15.0. The van der Waals surface area contributed by atoms with Gasteiger partial charge in [-0.2, -0.15) is 0 Å². The number of hydrogen-bond acceptors (Lipinski definition) is 2. The van der Waals surface area contributed by atoms with Gasteiger partial charge in [-0.25, -0.2) is 9.18 Å². The Labute approximate surface area is 266 Å². The lowest BCUT2D eigenvalue weighted by atomic mass is 9.36. The van der Waals surface area contributed by atoms with Gasteiger partial charge in [0.15, 0.2) is 0 Å². The Morgan fingerprint density at radius 2 is 1.61 bits per heavy atom. The molecular formula is C40H55FO3. The number of aromatic carboxylic acids is 1. The summed E-state index contributed by atoms with van der Waals surface area (Å²) in [5.41, 5.74) is 2.43. The maximum absolute atomic E-state index is 14.7. The summed E-state index contributed by atoms with van der Waals surface area (Å²) in [5, 5.41) is 19.7. The van der Waals surface area contributed by atoms with Crippen LogP contribution in [-0.4, -0.2) is 22.8 Å². The number of carbonyl (C=O) groups is 1. The number of aliphatic hydroxyl groups is 1. The quantitative estimate of drug-likeness (QED) is 0.268. The minimum absolute atomic E-state index is 0.105. The molecule has 3 nitrogen and oxygen atoms in total. The van der Waals surface area contributed by atoms with E-state index < -0.39 is 11.8 Å². The maximum atomic E-state index is 14.7. The molecule has 1 aromatic carbocycles. The first-order chi connectivity index (χ1) is 20.9. The normalized spacial score (nSPS) is 37.5. The van der Waals surface area contributed by atoms with Gasteiger partial charge in [-0.3, -0.25) is 0 Å². The van der Waals surface area contributed by atoms with Crippen LogP contribution in [0.2, 0.25) is 0 Å². The van der Waals surface area contributed by atoms with Gasteiger partial charge in [0, 0.05) is 6.61 Å². The first-order valence-corrected chi connectivity index (χ1v) is 16.5. The molecule has 0 bridgehead atoms. The molecule has 4 unspecified atom stereocenters. The molecule has 0 heterocycles. The lowest BCUT2D eigenvalue weighted by Crippen LogP contribution is -2.61. The third-order valence-corrected chi connectivity index (χ3v) is 13.1. The molecule has 8 atom stereocenters. The van der Waals surface area contributed by atoms with Crippen molar-refractivity contribution in [3.63, 3.8) is 0 Å². The number of benzene rings is 1. The molecule has 0 radical (unpaired) electrons. The summed E-state index contributed by atoms with van der Waals surface area (Å²) in [5.74, 6) is 1.62. The molecule has 4 fully saturated rings. The molecule has 2 N–H and O–H groups in total. The van der Waals surface area contributed by atoms with Crippen LogP contribution >= 0.6 is 0 Å². The van der Waals surface area contributed by atoms with E-state index in [9.17, 15) is 19.4 Å². The van der Waals surface area contributed by atoms with E-state index >= 15 is 0 Å². The van der Waals surface area contributed by atoms with Crippen LogP contribution in [0.3, 0.4) is 0 Å². The Balaban J connectivity index is 0.000000701. The number of aliphatic hydroxyl groups excluding tert-OH is 1. The Kier molecular flexibility index (Phi) is 11.1. The van der Waals surface area contributed by atoms with Crippen molar-refractivity contribution in [2.75, 3.05) is 6.61 Å². The van der Waals surface area contributed by atoms with Gasteiger partial charge in [-0.15, -0.1) is 32.3 Å². The molecule has 0 amide bonds. The molecule has 0 aromatic heterocycles. The largest absolute Gasteiger partial charge is 0.478 e. The number of halogens is 1. The fourth-order valence-electron chi connectivity index (χ4n) is 11.6. The summed E-state index contributed by atoms with van der Waals surface area (Å²) in [7, 11) is 0. The van der Waals surface area contributed by atoms with Crippen molar-refractivity contribution in [3.8, 4) is 25.7 Å². The lowest BCUT2D eigenvalue weighted by molar-refractivity contribution is -0.181.